The van der Waals surface area contributed by atoms with Crippen LogP contribution in [0.1, 0.15) is 28.5 Å². The van der Waals surface area contributed by atoms with E-state index >= 15 is 0 Å². The fourth-order valence-corrected chi connectivity index (χ4v) is 4.88. The predicted octanol–water partition coefficient (Wildman–Crippen LogP) is 3.88. The lowest BCUT2D eigenvalue weighted by Crippen LogP contribution is -2.47. The Morgan fingerprint density at radius 3 is 2.22 bits per heavy atom. The van der Waals surface area contributed by atoms with E-state index in [0.29, 0.717) is 63.1 Å². The van der Waals surface area contributed by atoms with E-state index in [0.717, 1.165) is 23.4 Å². The van der Waals surface area contributed by atoms with Gasteiger partial charge in [-0.3, -0.25) is 4.79 Å². The van der Waals surface area contributed by atoms with Gasteiger partial charge in [-0.05, 0) is 31.2 Å². The predicted molar refractivity (Wildman–Crippen MR) is 137 cm³/mol. The van der Waals surface area contributed by atoms with Crippen LogP contribution < -0.4 is 14.7 Å². The van der Waals surface area contributed by atoms with Gasteiger partial charge in [0.25, 0.3) is 5.91 Å². The smallest absolute Gasteiger partial charge is 0.260 e. The number of carbonyl (C=O) groups excluding carboxylic acids is 1. The monoisotopic (exact) mass is 510 g/mol. The summed E-state index contributed by atoms with van der Waals surface area (Å²) < 4.78 is 42.8. The van der Waals surface area contributed by atoms with Crippen LogP contribution in [0.4, 0.5) is 30.6 Å². The minimum atomic E-state index is -0.872. The Hall–Kier alpha value is -3.82. The molecule has 0 spiro atoms. The Kier molecular flexibility index (Phi) is 6.90. The van der Waals surface area contributed by atoms with Gasteiger partial charge in [-0.1, -0.05) is 18.2 Å². The van der Waals surface area contributed by atoms with Crippen LogP contribution in [0.3, 0.4) is 0 Å². The zero-order chi connectivity index (χ0) is 26.1. The molecule has 1 aromatic heterocycles. The van der Waals surface area contributed by atoms with E-state index in [1.807, 2.05) is 29.8 Å². The second kappa shape index (κ2) is 10.3. The number of carbonyl (C=O) groups is 1. The van der Waals surface area contributed by atoms with Crippen LogP contribution in [0.15, 0.2) is 42.5 Å². The van der Waals surface area contributed by atoms with Gasteiger partial charge in [-0.15, -0.1) is 0 Å². The number of halogens is 3. The summed E-state index contributed by atoms with van der Waals surface area (Å²) in [5.41, 5.74) is 1.67. The molecule has 37 heavy (non-hydrogen) atoms. The molecular formula is C27H29F3N6O. The number of amides is 1. The number of fused-ring (bicyclic) bond motifs is 1. The SMILES string of the molecule is CCN(C)c1nc(N2CCN(c3ccccc3F)CC2)nc2c1CN(C(=O)c1c(F)cccc1F)CC2. The summed E-state index contributed by atoms with van der Waals surface area (Å²) in [6, 6.07) is 10.2. The number of para-hydroxylation sites is 1. The molecule has 7 nitrogen and oxygen atoms in total. The quantitative estimate of drug-likeness (QED) is 0.520. The molecule has 1 fully saturated rings. The highest BCUT2D eigenvalue weighted by Crippen LogP contribution is 2.30. The van der Waals surface area contributed by atoms with Crippen molar-refractivity contribution in [1.29, 1.82) is 0 Å². The summed E-state index contributed by atoms with van der Waals surface area (Å²) in [6.45, 7) is 5.70. The number of piperazine rings is 1. The van der Waals surface area contributed by atoms with Crippen molar-refractivity contribution >= 4 is 23.4 Å². The first kappa shape index (κ1) is 24.9. The van der Waals surface area contributed by atoms with Gasteiger partial charge in [0.05, 0.1) is 17.9 Å². The zero-order valence-corrected chi connectivity index (χ0v) is 20.9. The van der Waals surface area contributed by atoms with Gasteiger partial charge < -0.3 is 19.6 Å². The largest absolute Gasteiger partial charge is 0.366 e. The van der Waals surface area contributed by atoms with Crippen LogP contribution in [0.25, 0.3) is 0 Å². The molecule has 0 bridgehead atoms. The fraction of sp³-hybridized carbons (Fsp3) is 0.370. The number of hydrogen-bond donors (Lipinski definition) is 0. The van der Waals surface area contributed by atoms with E-state index in [-0.39, 0.29) is 12.4 Å². The minimum Gasteiger partial charge on any atom is -0.366 e. The van der Waals surface area contributed by atoms with Crippen molar-refractivity contribution in [3.63, 3.8) is 0 Å². The lowest BCUT2D eigenvalue weighted by molar-refractivity contribution is 0.0723. The lowest BCUT2D eigenvalue weighted by atomic mass is 10.0. The van der Waals surface area contributed by atoms with Gasteiger partial charge in [-0.2, -0.15) is 4.98 Å². The molecule has 0 radical (unpaired) electrons. The van der Waals surface area contributed by atoms with Crippen molar-refractivity contribution < 1.29 is 18.0 Å². The summed E-state index contributed by atoms with van der Waals surface area (Å²) in [5.74, 6) is -1.36. The van der Waals surface area contributed by atoms with Crippen LogP contribution in [0.5, 0.6) is 0 Å². The highest BCUT2D eigenvalue weighted by atomic mass is 19.1. The second-order valence-electron chi connectivity index (χ2n) is 9.29. The Balaban J connectivity index is 1.39. The van der Waals surface area contributed by atoms with E-state index < -0.39 is 23.1 Å². The Labute approximate surface area is 214 Å². The minimum absolute atomic E-state index is 0.170. The maximum atomic E-state index is 14.3. The molecule has 2 aliphatic heterocycles. The molecule has 0 atom stereocenters. The number of anilines is 3. The van der Waals surface area contributed by atoms with E-state index in [1.165, 1.54) is 17.0 Å². The Morgan fingerprint density at radius 1 is 0.892 bits per heavy atom. The molecule has 0 aliphatic carbocycles. The van der Waals surface area contributed by atoms with E-state index in [1.54, 1.807) is 12.1 Å². The topological polar surface area (TPSA) is 55.8 Å². The molecule has 3 aromatic rings. The lowest BCUT2D eigenvalue weighted by Gasteiger charge is -2.37. The first-order valence-electron chi connectivity index (χ1n) is 12.5. The van der Waals surface area contributed by atoms with Crippen LogP contribution >= 0.6 is 0 Å². The van der Waals surface area contributed by atoms with Crippen molar-refractivity contribution in [3.05, 3.63) is 76.7 Å². The number of hydrogen-bond acceptors (Lipinski definition) is 6. The molecular weight excluding hydrogens is 481 g/mol. The summed E-state index contributed by atoms with van der Waals surface area (Å²) in [5, 5.41) is 0. The summed E-state index contributed by atoms with van der Waals surface area (Å²) in [7, 11) is 1.92. The zero-order valence-electron chi connectivity index (χ0n) is 20.9. The number of nitrogens with zero attached hydrogens (tertiary/aromatic N) is 6. The first-order chi connectivity index (χ1) is 17.9. The number of benzene rings is 2. The van der Waals surface area contributed by atoms with Gasteiger partial charge in [0.1, 0.15) is 28.8 Å². The summed E-state index contributed by atoms with van der Waals surface area (Å²) >= 11 is 0. The van der Waals surface area contributed by atoms with Gasteiger partial charge in [0.15, 0.2) is 0 Å². The fourth-order valence-electron chi connectivity index (χ4n) is 4.88. The van der Waals surface area contributed by atoms with Crippen molar-refractivity contribution in [1.82, 2.24) is 14.9 Å². The van der Waals surface area contributed by atoms with E-state index in [4.69, 9.17) is 9.97 Å². The third kappa shape index (κ3) is 4.80. The highest BCUT2D eigenvalue weighted by Gasteiger charge is 2.31. The van der Waals surface area contributed by atoms with Gasteiger partial charge in [0, 0.05) is 58.3 Å². The Bertz CT molecular complexity index is 1290. The van der Waals surface area contributed by atoms with Crippen molar-refractivity contribution in [2.75, 3.05) is 61.0 Å². The molecule has 2 aliphatic rings. The van der Waals surface area contributed by atoms with E-state index in [2.05, 4.69) is 4.90 Å². The average molecular weight is 511 g/mol. The van der Waals surface area contributed by atoms with Crippen LogP contribution in [0, 0.1) is 17.5 Å². The number of rotatable bonds is 5. The molecule has 1 saturated heterocycles. The standard InChI is InChI=1S/C27H29F3N6O/c1-3-33(2)25-18-17-36(26(37)24-20(29)8-6-9-21(24)30)12-11-22(18)31-27(32-25)35-15-13-34(14-16-35)23-10-5-4-7-19(23)28/h4-10H,3,11-17H2,1-2H3. The third-order valence-corrected chi connectivity index (χ3v) is 7.08. The van der Waals surface area contributed by atoms with Crippen molar-refractivity contribution in [2.45, 2.75) is 19.9 Å². The first-order valence-corrected chi connectivity index (χ1v) is 12.5. The normalized spacial score (nSPS) is 15.5. The molecule has 10 heteroatoms. The molecule has 0 N–H and O–H groups in total. The average Bonchev–Trinajstić information content (AvgIpc) is 2.92. The van der Waals surface area contributed by atoms with Crippen molar-refractivity contribution in [3.8, 4) is 0 Å². The Morgan fingerprint density at radius 2 is 1.54 bits per heavy atom. The molecule has 0 unspecified atom stereocenters. The molecule has 3 heterocycles. The van der Waals surface area contributed by atoms with Crippen LogP contribution in [-0.2, 0) is 13.0 Å². The molecule has 2 aromatic carbocycles. The van der Waals surface area contributed by atoms with Crippen LogP contribution in [0.2, 0.25) is 0 Å². The van der Waals surface area contributed by atoms with Gasteiger partial charge in [0.2, 0.25) is 5.95 Å². The summed E-state index contributed by atoms with van der Waals surface area (Å²) in [4.78, 5) is 30.3. The third-order valence-electron chi connectivity index (χ3n) is 7.08. The number of aromatic nitrogens is 2. The summed E-state index contributed by atoms with van der Waals surface area (Å²) in [6.07, 6.45) is 0.451. The molecule has 194 valence electrons. The van der Waals surface area contributed by atoms with E-state index in [9.17, 15) is 18.0 Å². The maximum Gasteiger partial charge on any atom is 0.260 e. The maximum absolute atomic E-state index is 14.3. The van der Waals surface area contributed by atoms with Gasteiger partial charge >= 0.3 is 0 Å². The van der Waals surface area contributed by atoms with Crippen LogP contribution in [-0.4, -0.2) is 67.1 Å². The molecule has 0 saturated carbocycles. The van der Waals surface area contributed by atoms with Gasteiger partial charge in [-0.25, -0.2) is 18.2 Å². The van der Waals surface area contributed by atoms with Crippen molar-refractivity contribution in [2.24, 2.45) is 0 Å². The molecule has 5 rings (SSSR count). The highest BCUT2D eigenvalue weighted by molar-refractivity contribution is 5.95. The molecule has 1 amide bonds. The second-order valence-corrected chi connectivity index (χ2v) is 9.29.